The first kappa shape index (κ1) is 32.3. The van der Waals surface area contributed by atoms with Crippen LogP contribution in [0.1, 0.15) is 19.3 Å². The van der Waals surface area contributed by atoms with E-state index >= 15 is 0 Å². The molecule has 3 atom stereocenters. The number of urea groups is 1. The van der Waals surface area contributed by atoms with E-state index in [1.807, 2.05) is 0 Å². The van der Waals surface area contributed by atoms with Crippen molar-refractivity contribution < 1.29 is 61.1 Å². The van der Waals surface area contributed by atoms with Crippen LogP contribution in [0.5, 0.6) is 0 Å². The van der Waals surface area contributed by atoms with Crippen molar-refractivity contribution in [2.24, 2.45) is 11.7 Å². The van der Waals surface area contributed by atoms with Gasteiger partial charge >= 0.3 is 21.7 Å². The first-order valence-electron chi connectivity index (χ1n) is 10.1. The molecule has 0 aliphatic heterocycles. The second-order valence-electron chi connectivity index (χ2n) is 6.36. The summed E-state index contributed by atoms with van der Waals surface area (Å²) >= 11 is 0. The number of unbranched alkanes of at least 4 members (excludes halogenated alkanes) is 1. The number of nitrogens with one attached hydrogen (secondary N) is 1. The third-order valence-electron chi connectivity index (χ3n) is 3.79. The Labute approximate surface area is 193 Å². The Morgan fingerprint density at radius 3 is 2.12 bits per heavy atom. The van der Waals surface area contributed by atoms with Crippen LogP contribution >= 0.6 is 15.6 Å². The average molecular weight is 526 g/mol. The summed E-state index contributed by atoms with van der Waals surface area (Å²) in [4.78, 5) is 24.5. The number of primary amides is 1. The van der Waals surface area contributed by atoms with Gasteiger partial charge in [0.25, 0.3) is 0 Å². The molecule has 5 N–H and O–H groups in total. The number of nitrogens with two attached hydrogens (primary N) is 1. The maximum absolute atomic E-state index is 11.9. The predicted molar refractivity (Wildman–Crippen MR) is 114 cm³/mol. The molecule has 3 unspecified atom stereocenters. The molecular formula is C16H36N2O13P2. The van der Waals surface area contributed by atoms with Crippen molar-refractivity contribution in [3.63, 3.8) is 0 Å². The van der Waals surface area contributed by atoms with Crippen molar-refractivity contribution >= 4 is 21.7 Å². The van der Waals surface area contributed by atoms with E-state index in [2.05, 4.69) is 19.4 Å². The predicted octanol–water partition coefficient (Wildman–Crippen LogP) is 0.949. The molecule has 0 spiro atoms. The van der Waals surface area contributed by atoms with Crippen LogP contribution in [0, 0.1) is 5.92 Å². The van der Waals surface area contributed by atoms with E-state index in [-0.39, 0.29) is 58.8 Å². The van der Waals surface area contributed by atoms with E-state index in [1.54, 1.807) is 0 Å². The SMILES string of the molecule is COOP(=O)(OC)OCCOCCOCCOP(=O)(O)OCC(CO)CCCCNC(N)=O. The molecule has 0 rings (SSSR count). The number of phosphoric acid groups is 2. The number of carbonyl (C=O) groups excluding carboxylic acids is 1. The van der Waals surface area contributed by atoms with Crippen LogP contribution in [0.15, 0.2) is 0 Å². The number of aliphatic hydroxyl groups is 1. The van der Waals surface area contributed by atoms with E-state index in [0.717, 1.165) is 14.2 Å². The second kappa shape index (κ2) is 19.6. The van der Waals surface area contributed by atoms with Crippen LogP contribution in [0.4, 0.5) is 4.79 Å². The van der Waals surface area contributed by atoms with E-state index in [4.69, 9.17) is 28.8 Å². The van der Waals surface area contributed by atoms with Crippen LogP contribution in [-0.4, -0.2) is 89.7 Å². The number of phosphoric ester groups is 2. The number of ether oxygens (including phenoxy) is 2. The summed E-state index contributed by atoms with van der Waals surface area (Å²) in [7, 11) is -5.73. The number of hydrogen-bond acceptors (Lipinski definition) is 12. The van der Waals surface area contributed by atoms with Gasteiger partial charge in [-0.15, -0.1) is 4.67 Å². The lowest BCUT2D eigenvalue weighted by molar-refractivity contribution is -0.200. The smallest absolute Gasteiger partial charge is 0.396 e. The van der Waals surface area contributed by atoms with Crippen molar-refractivity contribution in [2.75, 3.05) is 73.6 Å². The van der Waals surface area contributed by atoms with E-state index < -0.39 is 21.7 Å². The Morgan fingerprint density at radius 2 is 1.58 bits per heavy atom. The van der Waals surface area contributed by atoms with Gasteiger partial charge in [-0.05, 0) is 12.8 Å². The fourth-order valence-electron chi connectivity index (χ4n) is 2.17. The van der Waals surface area contributed by atoms with Gasteiger partial charge in [-0.25, -0.2) is 18.8 Å². The lowest BCUT2D eigenvalue weighted by atomic mass is 10.0. The first-order chi connectivity index (χ1) is 15.7. The largest absolute Gasteiger partial charge is 0.501 e. The lowest BCUT2D eigenvalue weighted by Crippen LogP contribution is -2.30. The molecule has 0 saturated carbocycles. The maximum atomic E-state index is 11.9. The highest BCUT2D eigenvalue weighted by atomic mass is 31.2. The summed E-state index contributed by atoms with van der Waals surface area (Å²) in [6.45, 7) is 0.244. The van der Waals surface area contributed by atoms with Crippen LogP contribution in [0.2, 0.25) is 0 Å². The Morgan fingerprint density at radius 1 is 0.970 bits per heavy atom. The van der Waals surface area contributed by atoms with Gasteiger partial charge < -0.3 is 30.5 Å². The fourth-order valence-corrected chi connectivity index (χ4v) is 3.64. The van der Waals surface area contributed by atoms with Gasteiger partial charge in [0, 0.05) is 26.2 Å². The van der Waals surface area contributed by atoms with Gasteiger partial charge in [-0.3, -0.25) is 18.1 Å². The monoisotopic (exact) mass is 526 g/mol. The van der Waals surface area contributed by atoms with Gasteiger partial charge in [-0.2, -0.15) is 0 Å². The summed E-state index contributed by atoms with van der Waals surface area (Å²) in [5.74, 6) is -0.348. The minimum absolute atomic E-state index is 0.0185. The highest BCUT2D eigenvalue weighted by Crippen LogP contribution is 2.48. The van der Waals surface area contributed by atoms with Gasteiger partial charge in [0.05, 0.1) is 53.4 Å². The lowest BCUT2D eigenvalue weighted by Gasteiger charge is -2.17. The Bertz CT molecular complexity index is 599. The zero-order valence-corrected chi connectivity index (χ0v) is 20.7. The highest BCUT2D eigenvalue weighted by molar-refractivity contribution is 7.48. The molecule has 198 valence electrons. The van der Waals surface area contributed by atoms with Crippen LogP contribution < -0.4 is 11.1 Å². The van der Waals surface area contributed by atoms with Crippen LogP contribution in [0.3, 0.4) is 0 Å². The summed E-state index contributed by atoms with van der Waals surface area (Å²) in [5, 5.41) is 11.8. The van der Waals surface area contributed by atoms with Crippen LogP contribution in [0.25, 0.3) is 0 Å². The molecule has 0 aliphatic carbocycles. The minimum atomic E-state index is -4.29. The van der Waals surface area contributed by atoms with E-state index in [1.165, 1.54) is 0 Å². The minimum Gasteiger partial charge on any atom is -0.396 e. The van der Waals surface area contributed by atoms with Crippen molar-refractivity contribution in [2.45, 2.75) is 19.3 Å². The van der Waals surface area contributed by atoms with E-state index in [0.29, 0.717) is 25.8 Å². The quantitative estimate of drug-likeness (QED) is 0.0634. The Kier molecular flexibility index (Phi) is 19.2. The molecule has 17 heteroatoms. The number of aliphatic hydroxyl groups excluding tert-OH is 1. The Hall–Kier alpha value is -0.670. The van der Waals surface area contributed by atoms with Gasteiger partial charge in [0.1, 0.15) is 0 Å². The Balaban J connectivity index is 3.75. The average Bonchev–Trinajstić information content (AvgIpc) is 2.76. The molecule has 0 aromatic carbocycles. The maximum Gasteiger partial charge on any atom is 0.501 e. The zero-order valence-electron chi connectivity index (χ0n) is 18.9. The fraction of sp³-hybridized carbons (Fsp3) is 0.938. The molecule has 0 fully saturated rings. The standard InChI is InChI=1S/C16H36N2O13P2/c1-24-31-33(23,25-2)29-12-10-27-8-7-26-9-11-28-32(21,22)30-14-15(13-19)5-3-4-6-18-16(17)20/h15,19H,3-14H2,1-2H3,(H,21,22)(H3,17,18,20). The third-order valence-corrected chi connectivity index (χ3v) is 6.05. The first-order valence-corrected chi connectivity index (χ1v) is 13.1. The molecule has 15 nitrogen and oxygen atoms in total. The van der Waals surface area contributed by atoms with Gasteiger partial charge in [-0.1, -0.05) is 6.42 Å². The van der Waals surface area contributed by atoms with Crippen molar-refractivity contribution in [1.82, 2.24) is 5.32 Å². The molecule has 2 amide bonds. The summed E-state index contributed by atoms with van der Waals surface area (Å²) < 4.78 is 57.5. The van der Waals surface area contributed by atoms with Crippen molar-refractivity contribution in [3.05, 3.63) is 0 Å². The number of carbonyl (C=O) groups is 1. The number of rotatable bonds is 23. The molecule has 33 heavy (non-hydrogen) atoms. The molecule has 0 aromatic heterocycles. The number of hydrogen-bond donors (Lipinski definition) is 4. The molecule has 0 aromatic rings. The van der Waals surface area contributed by atoms with Gasteiger partial charge in [0.2, 0.25) is 0 Å². The highest BCUT2D eigenvalue weighted by Gasteiger charge is 2.26. The third kappa shape index (κ3) is 19.3. The molecule has 0 radical (unpaired) electrons. The topological polar surface area (TPSA) is 204 Å². The zero-order chi connectivity index (χ0) is 25.0. The van der Waals surface area contributed by atoms with Crippen molar-refractivity contribution in [3.8, 4) is 0 Å². The van der Waals surface area contributed by atoms with E-state index in [9.17, 15) is 23.9 Å². The van der Waals surface area contributed by atoms with Crippen LogP contribution in [-0.2, 0) is 46.3 Å². The molecule has 0 heterocycles. The summed E-state index contributed by atoms with van der Waals surface area (Å²) in [6.07, 6.45) is 1.85. The number of amides is 2. The normalized spacial score (nSPS) is 16.1. The summed E-state index contributed by atoms with van der Waals surface area (Å²) in [6, 6.07) is -0.606. The molecular weight excluding hydrogens is 490 g/mol. The second-order valence-corrected chi connectivity index (χ2v) is 9.48. The van der Waals surface area contributed by atoms with Gasteiger partial charge in [0.15, 0.2) is 0 Å². The molecule has 0 bridgehead atoms. The molecule has 0 aliphatic rings. The van der Waals surface area contributed by atoms with Crippen molar-refractivity contribution in [1.29, 1.82) is 0 Å². The molecule has 0 saturated heterocycles. The summed E-state index contributed by atoms with van der Waals surface area (Å²) in [5.41, 5.74) is 4.95.